The van der Waals surface area contributed by atoms with Gasteiger partial charge in [-0.25, -0.2) is 0 Å². The van der Waals surface area contributed by atoms with Crippen molar-refractivity contribution in [3.63, 3.8) is 0 Å². The Balaban J connectivity index is 0. The van der Waals surface area contributed by atoms with Crippen molar-refractivity contribution in [2.24, 2.45) is 0 Å². The van der Waals surface area contributed by atoms with Crippen molar-refractivity contribution in [3.8, 4) is 0 Å². The normalized spacial score (nSPS) is 17.3. The summed E-state index contributed by atoms with van der Waals surface area (Å²) in [4.78, 5) is 31.9. The molecule has 0 aromatic rings. The van der Waals surface area contributed by atoms with Crippen LogP contribution in [0.25, 0.3) is 0 Å². The molecule has 0 aliphatic rings. The van der Waals surface area contributed by atoms with Crippen LogP contribution in [-0.2, 0) is 32.0 Å². The number of carbonyl (C=O) groups excluding carboxylic acids is 1. The van der Waals surface area contributed by atoms with Gasteiger partial charge >= 0.3 is 0 Å². The Morgan fingerprint density at radius 2 is 1.27 bits per heavy atom. The number of aliphatic hydroxyl groups excluding tert-OH is 2. The van der Waals surface area contributed by atoms with E-state index in [1.54, 1.807) is 0 Å². The van der Waals surface area contributed by atoms with Gasteiger partial charge in [0.1, 0.15) is 45.3 Å². The van der Waals surface area contributed by atoms with Gasteiger partial charge in [-0.2, -0.15) is 0 Å². The minimum Gasteiger partial charge on any atom is -0.756 e. The molecule has 182 valence electrons. The number of likely N-dealkylation sites (N-methyl/N-ethyl adjacent to an activating group) is 2. The maximum Gasteiger partial charge on any atom is 0.268 e. The summed E-state index contributed by atoms with van der Waals surface area (Å²) in [5.74, 6) is 0. The van der Waals surface area contributed by atoms with Crippen molar-refractivity contribution < 1.29 is 61.0 Å². The van der Waals surface area contributed by atoms with Crippen LogP contribution in [0.2, 0.25) is 0 Å². The van der Waals surface area contributed by atoms with E-state index in [-0.39, 0.29) is 13.2 Å². The highest BCUT2D eigenvalue weighted by molar-refractivity contribution is 7.46. The molecular formula is C15H36N2O11P2. The van der Waals surface area contributed by atoms with Crippen LogP contribution in [-0.4, -0.2) is 120 Å². The summed E-state index contributed by atoms with van der Waals surface area (Å²) >= 11 is 0. The van der Waals surface area contributed by atoms with Crippen LogP contribution in [0.1, 0.15) is 0 Å². The second-order valence-electron chi connectivity index (χ2n) is 8.18. The number of aldehydes is 1. The molecule has 3 unspecified atom stereocenters. The van der Waals surface area contributed by atoms with E-state index in [0.29, 0.717) is 28.3 Å². The zero-order valence-electron chi connectivity index (χ0n) is 18.5. The summed E-state index contributed by atoms with van der Waals surface area (Å²) in [7, 11) is 2.76. The van der Waals surface area contributed by atoms with Gasteiger partial charge in [-0.3, -0.25) is 9.13 Å². The molecular weight excluding hydrogens is 446 g/mol. The molecule has 0 saturated carbocycles. The SMILES string of the molecule is C[N+](C)(C)CCOP(=O)([O-])OCC(O)CO.C[N+](C)(C)CCOP(=O)([O-])OCC=O. The van der Waals surface area contributed by atoms with E-state index in [1.807, 2.05) is 42.3 Å². The summed E-state index contributed by atoms with van der Waals surface area (Å²) in [6, 6.07) is 0. The zero-order valence-corrected chi connectivity index (χ0v) is 20.3. The second-order valence-corrected chi connectivity index (χ2v) is 11.0. The van der Waals surface area contributed by atoms with Gasteiger partial charge in [-0.05, 0) is 0 Å². The maximum atomic E-state index is 11.1. The molecule has 15 heteroatoms. The molecule has 30 heavy (non-hydrogen) atoms. The lowest BCUT2D eigenvalue weighted by atomic mass is 10.4. The molecule has 0 spiro atoms. The first-order chi connectivity index (χ1) is 13.4. The summed E-state index contributed by atoms with van der Waals surface area (Å²) in [6.45, 7) is -0.441. The first-order valence-electron chi connectivity index (χ1n) is 8.97. The van der Waals surface area contributed by atoms with Crippen LogP contribution in [0, 0.1) is 0 Å². The fraction of sp³-hybridized carbons (Fsp3) is 0.933. The van der Waals surface area contributed by atoms with Crippen LogP contribution >= 0.6 is 15.6 Å². The molecule has 0 fully saturated rings. The molecule has 0 amide bonds. The van der Waals surface area contributed by atoms with Crippen LogP contribution in [0.4, 0.5) is 0 Å². The average molecular weight is 482 g/mol. The first-order valence-corrected chi connectivity index (χ1v) is 11.9. The van der Waals surface area contributed by atoms with Gasteiger partial charge in [0.25, 0.3) is 15.6 Å². The van der Waals surface area contributed by atoms with E-state index in [2.05, 4.69) is 18.1 Å². The fourth-order valence-electron chi connectivity index (χ4n) is 1.28. The predicted octanol–water partition coefficient (Wildman–Crippen LogP) is -2.06. The molecule has 2 N–H and O–H groups in total. The van der Waals surface area contributed by atoms with Crippen molar-refractivity contribution >= 4 is 21.9 Å². The number of phosphoric ester groups is 2. The maximum absolute atomic E-state index is 11.1. The van der Waals surface area contributed by atoms with Crippen LogP contribution in [0.3, 0.4) is 0 Å². The number of hydrogen-bond donors (Lipinski definition) is 2. The van der Waals surface area contributed by atoms with Gasteiger partial charge in [0.05, 0.1) is 55.5 Å². The number of quaternary nitrogens is 2. The number of nitrogens with zero attached hydrogens (tertiary/aromatic N) is 2. The third-order valence-corrected chi connectivity index (χ3v) is 4.89. The van der Waals surface area contributed by atoms with Crippen LogP contribution < -0.4 is 9.79 Å². The third-order valence-electron chi connectivity index (χ3n) is 2.96. The Labute approximate surface area is 178 Å². The topological polar surface area (TPSA) is 175 Å². The van der Waals surface area contributed by atoms with Gasteiger partial charge in [0.15, 0.2) is 0 Å². The van der Waals surface area contributed by atoms with Crippen molar-refractivity contribution in [1.29, 1.82) is 0 Å². The summed E-state index contributed by atoms with van der Waals surface area (Å²) in [6.07, 6.45) is -0.863. The van der Waals surface area contributed by atoms with Crippen LogP contribution in [0.15, 0.2) is 0 Å². The molecule has 0 radical (unpaired) electrons. The monoisotopic (exact) mass is 482 g/mol. The Morgan fingerprint density at radius 1 is 0.867 bits per heavy atom. The molecule has 0 aliphatic heterocycles. The quantitative estimate of drug-likeness (QED) is 0.149. The zero-order chi connectivity index (χ0) is 24.1. The van der Waals surface area contributed by atoms with Crippen molar-refractivity contribution in [2.45, 2.75) is 6.10 Å². The standard InChI is InChI=1S/C8H20NO6P.C7H16NO5P/c1-9(2,3)4-5-14-16(12,13)15-7-8(11)6-10;1-8(2,3)4-6-12-14(10,11)13-7-5-9/h8,10-11H,4-7H2,1-3H3;5H,4,6-7H2,1-3H3. The Bertz CT molecular complexity index is 564. The van der Waals surface area contributed by atoms with Crippen molar-refractivity contribution in [2.75, 3.05) is 88.4 Å². The van der Waals surface area contributed by atoms with E-state index >= 15 is 0 Å². The molecule has 3 atom stereocenters. The first kappa shape index (κ1) is 31.9. The number of hydrogen-bond acceptors (Lipinski definition) is 11. The van der Waals surface area contributed by atoms with Gasteiger partial charge in [-0.15, -0.1) is 0 Å². The highest BCUT2D eigenvalue weighted by Crippen LogP contribution is 2.38. The summed E-state index contributed by atoms with van der Waals surface area (Å²) in [5, 5.41) is 17.3. The minimum atomic E-state index is -4.38. The molecule has 0 aromatic carbocycles. The molecule has 0 saturated heterocycles. The smallest absolute Gasteiger partial charge is 0.268 e. The Morgan fingerprint density at radius 3 is 1.60 bits per heavy atom. The number of aliphatic hydroxyl groups is 2. The molecule has 0 aliphatic carbocycles. The lowest BCUT2D eigenvalue weighted by Gasteiger charge is -2.27. The van der Waals surface area contributed by atoms with Gasteiger partial charge in [0.2, 0.25) is 0 Å². The van der Waals surface area contributed by atoms with E-state index in [1.165, 1.54) is 0 Å². The van der Waals surface area contributed by atoms with Crippen molar-refractivity contribution in [3.05, 3.63) is 0 Å². The van der Waals surface area contributed by atoms with E-state index in [4.69, 9.17) is 10.2 Å². The lowest BCUT2D eigenvalue weighted by molar-refractivity contribution is -0.870. The van der Waals surface area contributed by atoms with Crippen LogP contribution in [0.5, 0.6) is 0 Å². The molecule has 0 aromatic heterocycles. The summed E-state index contributed by atoms with van der Waals surface area (Å²) in [5.41, 5.74) is 0. The van der Waals surface area contributed by atoms with Gasteiger partial charge in [0, 0.05) is 0 Å². The van der Waals surface area contributed by atoms with E-state index < -0.39 is 41.6 Å². The minimum absolute atomic E-state index is 0.0134. The third kappa shape index (κ3) is 24.0. The fourth-order valence-corrected chi connectivity index (χ4v) is 2.64. The second kappa shape index (κ2) is 14.7. The summed E-state index contributed by atoms with van der Waals surface area (Å²) < 4.78 is 40.8. The molecule has 0 rings (SSSR count). The van der Waals surface area contributed by atoms with Gasteiger partial charge in [-0.1, -0.05) is 0 Å². The van der Waals surface area contributed by atoms with E-state index in [9.17, 15) is 23.7 Å². The number of carbonyl (C=O) groups is 1. The number of phosphoric acid groups is 2. The predicted molar refractivity (Wildman–Crippen MR) is 104 cm³/mol. The average Bonchev–Trinajstić information content (AvgIpc) is 2.56. The highest BCUT2D eigenvalue weighted by atomic mass is 31.2. The Kier molecular flexibility index (Phi) is 15.7. The molecule has 0 heterocycles. The van der Waals surface area contributed by atoms with Crippen molar-refractivity contribution in [1.82, 2.24) is 0 Å². The number of rotatable bonds is 15. The van der Waals surface area contributed by atoms with Gasteiger partial charge < -0.3 is 51.9 Å². The lowest BCUT2D eigenvalue weighted by Crippen LogP contribution is -2.37. The van der Waals surface area contributed by atoms with E-state index in [0.717, 1.165) is 0 Å². The molecule has 13 nitrogen and oxygen atoms in total. The Hall–Kier alpha value is -0.270. The molecule has 0 bridgehead atoms. The highest BCUT2D eigenvalue weighted by Gasteiger charge is 2.15. The largest absolute Gasteiger partial charge is 0.756 e.